The van der Waals surface area contributed by atoms with Crippen LogP contribution in [0.4, 0.5) is 5.95 Å². The molecule has 0 aliphatic rings. The van der Waals surface area contributed by atoms with Crippen LogP contribution in [0.3, 0.4) is 0 Å². The second kappa shape index (κ2) is 8.86. The largest absolute Gasteiger partial charge is 0.355 e. The van der Waals surface area contributed by atoms with E-state index in [9.17, 15) is 0 Å². The SMILES string of the molecule is CC(C)OCOCCCONc1ncccn1. The molecule has 0 radical (unpaired) electrons. The molecule has 0 atom stereocenters. The van der Waals surface area contributed by atoms with Crippen LogP contribution in [0.1, 0.15) is 20.3 Å². The number of hydrogen-bond acceptors (Lipinski definition) is 6. The molecule has 0 amide bonds. The lowest BCUT2D eigenvalue weighted by molar-refractivity contribution is -0.0810. The van der Waals surface area contributed by atoms with Gasteiger partial charge < -0.3 is 9.47 Å². The van der Waals surface area contributed by atoms with E-state index in [1.165, 1.54) is 0 Å². The van der Waals surface area contributed by atoms with Crippen LogP contribution in [0, 0.1) is 0 Å². The van der Waals surface area contributed by atoms with Gasteiger partial charge in [-0.1, -0.05) is 0 Å². The first-order valence-corrected chi connectivity index (χ1v) is 5.63. The van der Waals surface area contributed by atoms with Crippen molar-refractivity contribution >= 4 is 5.95 Å². The first-order valence-electron chi connectivity index (χ1n) is 5.63. The van der Waals surface area contributed by atoms with E-state index >= 15 is 0 Å². The minimum absolute atomic E-state index is 0.197. The molecule has 0 spiro atoms. The van der Waals surface area contributed by atoms with Crippen LogP contribution >= 0.6 is 0 Å². The molecule has 17 heavy (non-hydrogen) atoms. The highest BCUT2D eigenvalue weighted by molar-refractivity contribution is 5.17. The van der Waals surface area contributed by atoms with Crippen molar-refractivity contribution in [3.63, 3.8) is 0 Å². The third-order valence-electron chi connectivity index (χ3n) is 1.75. The van der Waals surface area contributed by atoms with Crippen LogP contribution in [-0.2, 0) is 14.3 Å². The Bertz CT molecular complexity index is 283. The maximum absolute atomic E-state index is 5.24. The molecule has 0 bridgehead atoms. The van der Waals surface area contributed by atoms with Crippen molar-refractivity contribution in [3.8, 4) is 0 Å². The normalized spacial score (nSPS) is 10.8. The zero-order chi connectivity index (χ0) is 12.3. The predicted molar refractivity (Wildman–Crippen MR) is 63.3 cm³/mol. The molecule has 0 fully saturated rings. The Hall–Kier alpha value is -1.24. The quantitative estimate of drug-likeness (QED) is 0.402. The third-order valence-corrected chi connectivity index (χ3v) is 1.75. The fourth-order valence-corrected chi connectivity index (χ4v) is 0.944. The Balaban J connectivity index is 1.88. The molecule has 1 aromatic rings. The molecule has 1 heterocycles. The lowest BCUT2D eigenvalue weighted by atomic mass is 10.5. The minimum atomic E-state index is 0.197. The van der Waals surface area contributed by atoms with E-state index in [0.717, 1.165) is 6.42 Å². The topological polar surface area (TPSA) is 65.5 Å². The Kier molecular flexibility index (Phi) is 7.20. The van der Waals surface area contributed by atoms with Gasteiger partial charge in [-0.05, 0) is 26.3 Å². The summed E-state index contributed by atoms with van der Waals surface area (Å²) in [5, 5.41) is 0. The summed E-state index contributed by atoms with van der Waals surface area (Å²) in [6.45, 7) is 5.39. The van der Waals surface area contributed by atoms with E-state index < -0.39 is 0 Å². The first kappa shape index (κ1) is 13.8. The van der Waals surface area contributed by atoms with Crippen LogP contribution in [0.25, 0.3) is 0 Å². The van der Waals surface area contributed by atoms with Gasteiger partial charge in [0.25, 0.3) is 0 Å². The minimum Gasteiger partial charge on any atom is -0.355 e. The predicted octanol–water partition coefficient (Wildman–Crippen LogP) is 1.61. The van der Waals surface area contributed by atoms with Crippen LogP contribution in [0.5, 0.6) is 0 Å². The lowest BCUT2D eigenvalue weighted by Gasteiger charge is -2.08. The Morgan fingerprint density at radius 1 is 1.24 bits per heavy atom. The molecular weight excluding hydrogens is 222 g/mol. The van der Waals surface area contributed by atoms with Crippen LogP contribution in [0.15, 0.2) is 18.5 Å². The second-order valence-corrected chi connectivity index (χ2v) is 3.62. The standard InChI is InChI=1S/C11H19N3O3/c1-10(2)16-9-15-7-4-8-17-14-11-12-5-3-6-13-11/h3,5-6,10H,4,7-9H2,1-2H3,(H,12,13,14). The summed E-state index contributed by atoms with van der Waals surface area (Å²) < 4.78 is 10.5. The van der Waals surface area contributed by atoms with Gasteiger partial charge in [0, 0.05) is 12.4 Å². The van der Waals surface area contributed by atoms with E-state index in [2.05, 4.69) is 15.4 Å². The molecule has 1 rings (SSSR count). The summed E-state index contributed by atoms with van der Waals surface area (Å²) in [6, 6.07) is 1.74. The molecule has 6 nitrogen and oxygen atoms in total. The molecule has 0 saturated heterocycles. The first-order chi connectivity index (χ1) is 8.29. The van der Waals surface area contributed by atoms with Gasteiger partial charge in [-0.3, -0.25) is 4.84 Å². The van der Waals surface area contributed by atoms with E-state index in [1.807, 2.05) is 13.8 Å². The zero-order valence-corrected chi connectivity index (χ0v) is 10.3. The van der Waals surface area contributed by atoms with Crippen LogP contribution < -0.4 is 5.48 Å². The van der Waals surface area contributed by atoms with E-state index in [1.54, 1.807) is 18.5 Å². The number of ether oxygens (including phenoxy) is 2. The summed E-state index contributed by atoms with van der Waals surface area (Å²) in [4.78, 5) is 13.0. The molecule has 1 aromatic heterocycles. The Labute approximate surface area is 101 Å². The Morgan fingerprint density at radius 3 is 2.71 bits per heavy atom. The summed E-state index contributed by atoms with van der Waals surface area (Å²) in [7, 11) is 0. The molecule has 0 saturated carbocycles. The van der Waals surface area contributed by atoms with E-state index in [4.69, 9.17) is 14.3 Å². The summed E-state index contributed by atoms with van der Waals surface area (Å²) in [6.07, 6.45) is 4.26. The van der Waals surface area contributed by atoms with Gasteiger partial charge in [-0.2, -0.15) is 0 Å². The van der Waals surface area contributed by atoms with Gasteiger partial charge in [-0.25, -0.2) is 15.4 Å². The average molecular weight is 241 g/mol. The zero-order valence-electron chi connectivity index (χ0n) is 10.3. The molecule has 0 unspecified atom stereocenters. The number of hydrogen-bond donors (Lipinski definition) is 1. The molecule has 96 valence electrons. The smallest absolute Gasteiger partial charge is 0.247 e. The van der Waals surface area contributed by atoms with E-state index in [-0.39, 0.29) is 6.10 Å². The number of anilines is 1. The summed E-state index contributed by atoms with van der Waals surface area (Å²) >= 11 is 0. The molecular formula is C11H19N3O3. The molecule has 0 aromatic carbocycles. The van der Waals surface area contributed by atoms with Crippen LogP contribution in [-0.4, -0.2) is 36.1 Å². The van der Waals surface area contributed by atoms with Gasteiger partial charge in [-0.15, -0.1) is 0 Å². The highest BCUT2D eigenvalue weighted by Crippen LogP contribution is 1.94. The van der Waals surface area contributed by atoms with Crippen molar-refractivity contribution in [2.75, 3.05) is 25.5 Å². The van der Waals surface area contributed by atoms with Crippen LogP contribution in [0.2, 0.25) is 0 Å². The van der Waals surface area contributed by atoms with Gasteiger partial charge in [0.2, 0.25) is 5.95 Å². The van der Waals surface area contributed by atoms with Crippen molar-refractivity contribution < 1.29 is 14.3 Å². The fourth-order valence-electron chi connectivity index (χ4n) is 0.944. The highest BCUT2D eigenvalue weighted by atomic mass is 16.7. The molecule has 0 aliphatic heterocycles. The number of rotatable bonds is 9. The number of nitrogens with zero attached hydrogens (tertiary/aromatic N) is 2. The van der Waals surface area contributed by atoms with Crippen molar-refractivity contribution in [2.24, 2.45) is 0 Å². The monoisotopic (exact) mass is 241 g/mol. The molecule has 1 N–H and O–H groups in total. The van der Waals surface area contributed by atoms with Crippen molar-refractivity contribution in [1.82, 2.24) is 9.97 Å². The molecule has 6 heteroatoms. The third kappa shape index (κ3) is 7.62. The highest BCUT2D eigenvalue weighted by Gasteiger charge is 1.95. The Morgan fingerprint density at radius 2 is 2.00 bits per heavy atom. The van der Waals surface area contributed by atoms with E-state index in [0.29, 0.717) is 26.0 Å². The lowest BCUT2D eigenvalue weighted by Crippen LogP contribution is -2.10. The van der Waals surface area contributed by atoms with Crippen molar-refractivity contribution in [1.29, 1.82) is 0 Å². The maximum atomic E-state index is 5.24. The fraction of sp³-hybridized carbons (Fsp3) is 0.636. The maximum Gasteiger partial charge on any atom is 0.247 e. The van der Waals surface area contributed by atoms with Gasteiger partial charge in [0.05, 0.1) is 19.3 Å². The number of aromatic nitrogens is 2. The van der Waals surface area contributed by atoms with Crippen molar-refractivity contribution in [2.45, 2.75) is 26.4 Å². The van der Waals surface area contributed by atoms with Gasteiger partial charge >= 0.3 is 0 Å². The van der Waals surface area contributed by atoms with Crippen molar-refractivity contribution in [3.05, 3.63) is 18.5 Å². The molecule has 0 aliphatic carbocycles. The summed E-state index contributed by atoms with van der Waals surface area (Å²) in [5.41, 5.74) is 2.64. The van der Waals surface area contributed by atoms with Gasteiger partial charge in [0.15, 0.2) is 0 Å². The van der Waals surface area contributed by atoms with Gasteiger partial charge in [0.1, 0.15) is 6.79 Å². The average Bonchev–Trinajstić information content (AvgIpc) is 2.33. The number of nitrogens with one attached hydrogen (secondary N) is 1. The summed E-state index contributed by atoms with van der Waals surface area (Å²) in [5.74, 6) is 0.455. The second-order valence-electron chi connectivity index (χ2n) is 3.62.